The summed E-state index contributed by atoms with van der Waals surface area (Å²) in [6.45, 7) is 5.06. The zero-order valence-electron chi connectivity index (χ0n) is 12.0. The van der Waals surface area contributed by atoms with E-state index in [4.69, 9.17) is 0 Å². The first-order chi connectivity index (χ1) is 9.38. The first-order valence-corrected chi connectivity index (χ1v) is 6.64. The second kappa shape index (κ2) is 5.69. The number of halogens is 2. The van der Waals surface area contributed by atoms with Crippen LogP contribution in [-0.2, 0) is 0 Å². The van der Waals surface area contributed by atoms with Gasteiger partial charge in [-0.3, -0.25) is 4.98 Å². The third kappa shape index (κ3) is 3.03. The van der Waals surface area contributed by atoms with Gasteiger partial charge >= 0.3 is 6.61 Å². The van der Waals surface area contributed by atoms with Gasteiger partial charge < -0.3 is 4.74 Å². The number of nitrogens with zero attached hydrogens (tertiary/aromatic N) is 2. The molecule has 2 aromatic rings. The summed E-state index contributed by atoms with van der Waals surface area (Å²) in [5.41, 5.74) is 2.63. The minimum absolute atomic E-state index is 0.0937. The summed E-state index contributed by atoms with van der Waals surface area (Å²) in [5, 5.41) is 0. The fraction of sp³-hybridized carbons (Fsp3) is 0.467. The molecule has 0 spiro atoms. The zero-order valence-corrected chi connectivity index (χ0v) is 12.0. The standard InChI is InChI=1S/C15H18F2N2O/c1-8(2)10-5-11-14(13(6-10)20-15(16)17)19-12(7-18-11)9(3)4/h5-9,15H,1-4H3. The summed E-state index contributed by atoms with van der Waals surface area (Å²) in [6.07, 6.45) is 1.68. The molecule has 1 heterocycles. The van der Waals surface area contributed by atoms with Crippen LogP contribution in [0.25, 0.3) is 11.0 Å². The molecule has 0 saturated carbocycles. The lowest BCUT2D eigenvalue weighted by Gasteiger charge is -2.13. The summed E-state index contributed by atoms with van der Waals surface area (Å²) in [7, 11) is 0. The fourth-order valence-electron chi connectivity index (χ4n) is 1.92. The molecule has 1 aromatic heterocycles. The van der Waals surface area contributed by atoms with Crippen LogP contribution in [-0.4, -0.2) is 16.6 Å². The molecule has 20 heavy (non-hydrogen) atoms. The summed E-state index contributed by atoms with van der Waals surface area (Å²) in [5.74, 6) is 0.471. The van der Waals surface area contributed by atoms with Crippen LogP contribution in [0.2, 0.25) is 0 Å². The van der Waals surface area contributed by atoms with Gasteiger partial charge in [0.05, 0.1) is 11.2 Å². The van der Waals surface area contributed by atoms with Crippen LogP contribution in [0.5, 0.6) is 5.75 Å². The van der Waals surface area contributed by atoms with Gasteiger partial charge in [-0.1, -0.05) is 27.7 Å². The Balaban J connectivity index is 2.64. The van der Waals surface area contributed by atoms with Gasteiger partial charge in [0.1, 0.15) is 5.52 Å². The molecule has 0 bridgehead atoms. The maximum absolute atomic E-state index is 12.6. The highest BCUT2D eigenvalue weighted by atomic mass is 19.3. The van der Waals surface area contributed by atoms with Crippen molar-refractivity contribution in [1.82, 2.24) is 9.97 Å². The average molecular weight is 280 g/mol. The van der Waals surface area contributed by atoms with Crippen LogP contribution in [0.15, 0.2) is 18.3 Å². The molecule has 5 heteroatoms. The van der Waals surface area contributed by atoms with Crippen molar-refractivity contribution in [1.29, 1.82) is 0 Å². The predicted octanol–water partition coefficient (Wildman–Crippen LogP) is 4.48. The smallest absolute Gasteiger partial charge is 0.387 e. The molecule has 0 aliphatic carbocycles. The molecule has 3 nitrogen and oxygen atoms in total. The van der Waals surface area contributed by atoms with Gasteiger partial charge in [0.15, 0.2) is 5.75 Å². The Kier molecular flexibility index (Phi) is 4.16. The second-order valence-electron chi connectivity index (χ2n) is 5.37. The molecule has 0 fully saturated rings. The number of fused-ring (bicyclic) bond motifs is 1. The van der Waals surface area contributed by atoms with Crippen molar-refractivity contribution >= 4 is 11.0 Å². The van der Waals surface area contributed by atoms with Crippen molar-refractivity contribution in [2.45, 2.75) is 46.1 Å². The lowest BCUT2D eigenvalue weighted by atomic mass is 10.0. The quantitative estimate of drug-likeness (QED) is 0.828. The van der Waals surface area contributed by atoms with E-state index in [2.05, 4.69) is 14.7 Å². The minimum Gasteiger partial charge on any atom is -0.432 e. The van der Waals surface area contributed by atoms with Gasteiger partial charge in [-0.15, -0.1) is 0 Å². The molecule has 0 saturated heterocycles. The number of alkyl halides is 2. The molecule has 0 unspecified atom stereocenters. The first kappa shape index (κ1) is 14.6. The van der Waals surface area contributed by atoms with E-state index < -0.39 is 6.61 Å². The van der Waals surface area contributed by atoms with E-state index in [9.17, 15) is 8.78 Å². The lowest BCUT2D eigenvalue weighted by Crippen LogP contribution is -2.05. The van der Waals surface area contributed by atoms with Crippen LogP contribution in [0.1, 0.15) is 50.8 Å². The van der Waals surface area contributed by atoms with Gasteiger partial charge in [-0.05, 0) is 29.5 Å². The fourth-order valence-corrected chi connectivity index (χ4v) is 1.92. The molecule has 0 aliphatic heterocycles. The van der Waals surface area contributed by atoms with E-state index in [1.54, 1.807) is 12.3 Å². The minimum atomic E-state index is -2.87. The molecule has 0 aliphatic rings. The van der Waals surface area contributed by atoms with Crippen LogP contribution >= 0.6 is 0 Å². The second-order valence-corrected chi connectivity index (χ2v) is 5.37. The van der Waals surface area contributed by atoms with Crippen LogP contribution in [0.4, 0.5) is 8.78 Å². The monoisotopic (exact) mass is 280 g/mol. The Bertz CT molecular complexity index is 612. The number of hydrogen-bond donors (Lipinski definition) is 0. The predicted molar refractivity (Wildman–Crippen MR) is 74.3 cm³/mol. The highest BCUT2D eigenvalue weighted by Crippen LogP contribution is 2.30. The maximum Gasteiger partial charge on any atom is 0.387 e. The SMILES string of the molecule is CC(C)c1cc(OC(F)F)c2nc(C(C)C)cnc2c1. The lowest BCUT2D eigenvalue weighted by molar-refractivity contribution is -0.0489. The molecule has 0 amide bonds. The third-order valence-electron chi connectivity index (χ3n) is 3.13. The van der Waals surface area contributed by atoms with E-state index >= 15 is 0 Å². The topological polar surface area (TPSA) is 35.0 Å². The maximum atomic E-state index is 12.6. The summed E-state index contributed by atoms with van der Waals surface area (Å²) >= 11 is 0. The molecule has 1 aromatic carbocycles. The van der Waals surface area contributed by atoms with Crippen molar-refractivity contribution in [3.63, 3.8) is 0 Å². The molecule has 0 radical (unpaired) electrons. The summed E-state index contributed by atoms with van der Waals surface area (Å²) < 4.78 is 29.8. The van der Waals surface area contributed by atoms with Gasteiger partial charge in [0, 0.05) is 6.20 Å². The summed E-state index contributed by atoms with van der Waals surface area (Å²) in [6, 6.07) is 3.49. The van der Waals surface area contributed by atoms with Crippen molar-refractivity contribution in [3.05, 3.63) is 29.6 Å². The van der Waals surface area contributed by atoms with Crippen LogP contribution in [0, 0.1) is 0 Å². The largest absolute Gasteiger partial charge is 0.432 e. The number of aromatic nitrogens is 2. The summed E-state index contributed by atoms with van der Waals surface area (Å²) in [4.78, 5) is 8.73. The van der Waals surface area contributed by atoms with E-state index in [0.29, 0.717) is 11.0 Å². The number of ether oxygens (including phenoxy) is 1. The highest BCUT2D eigenvalue weighted by Gasteiger charge is 2.15. The van der Waals surface area contributed by atoms with E-state index in [-0.39, 0.29) is 17.6 Å². The number of hydrogen-bond acceptors (Lipinski definition) is 3. The third-order valence-corrected chi connectivity index (χ3v) is 3.13. The molecule has 0 N–H and O–H groups in total. The molecule has 0 atom stereocenters. The zero-order chi connectivity index (χ0) is 14.9. The van der Waals surface area contributed by atoms with Gasteiger partial charge in [0.2, 0.25) is 0 Å². The van der Waals surface area contributed by atoms with Crippen molar-refractivity contribution < 1.29 is 13.5 Å². The Labute approximate surface area is 117 Å². The number of benzene rings is 1. The van der Waals surface area contributed by atoms with E-state index in [0.717, 1.165) is 11.3 Å². The van der Waals surface area contributed by atoms with Gasteiger partial charge in [-0.2, -0.15) is 8.78 Å². The van der Waals surface area contributed by atoms with E-state index in [1.165, 1.54) is 0 Å². The highest BCUT2D eigenvalue weighted by molar-refractivity contribution is 5.82. The van der Waals surface area contributed by atoms with E-state index in [1.807, 2.05) is 33.8 Å². The van der Waals surface area contributed by atoms with Crippen molar-refractivity contribution in [2.24, 2.45) is 0 Å². The van der Waals surface area contributed by atoms with Crippen LogP contribution in [0.3, 0.4) is 0 Å². The Morgan fingerprint density at radius 3 is 2.30 bits per heavy atom. The van der Waals surface area contributed by atoms with Gasteiger partial charge in [-0.25, -0.2) is 4.98 Å². The van der Waals surface area contributed by atoms with Crippen molar-refractivity contribution in [2.75, 3.05) is 0 Å². The van der Waals surface area contributed by atoms with Crippen molar-refractivity contribution in [3.8, 4) is 5.75 Å². The van der Waals surface area contributed by atoms with Crippen LogP contribution < -0.4 is 4.74 Å². The molecular weight excluding hydrogens is 262 g/mol. The number of rotatable bonds is 4. The first-order valence-electron chi connectivity index (χ1n) is 6.64. The Hall–Kier alpha value is -1.78. The molecule has 108 valence electrons. The molecule has 2 rings (SSSR count). The average Bonchev–Trinajstić information content (AvgIpc) is 2.37. The Morgan fingerprint density at radius 2 is 1.75 bits per heavy atom. The normalized spacial score (nSPS) is 11.8. The Morgan fingerprint density at radius 1 is 1.05 bits per heavy atom. The molecular formula is C15H18F2N2O. The van der Waals surface area contributed by atoms with Gasteiger partial charge in [0.25, 0.3) is 0 Å².